The number of aliphatic hydroxyl groups excluding tert-OH is 1. The summed E-state index contributed by atoms with van der Waals surface area (Å²) in [7, 11) is 0. The van der Waals surface area contributed by atoms with E-state index in [1.807, 2.05) is 31.2 Å². The van der Waals surface area contributed by atoms with Gasteiger partial charge in [-0.05, 0) is 37.0 Å². The fourth-order valence-electron chi connectivity index (χ4n) is 2.95. The van der Waals surface area contributed by atoms with E-state index in [4.69, 9.17) is 9.84 Å². The van der Waals surface area contributed by atoms with Gasteiger partial charge in [0.25, 0.3) is 0 Å². The summed E-state index contributed by atoms with van der Waals surface area (Å²) >= 11 is 0. The molecule has 1 aromatic heterocycles. The average Bonchev–Trinajstić information content (AvgIpc) is 2.59. The molecule has 122 valence electrons. The summed E-state index contributed by atoms with van der Waals surface area (Å²) in [5.74, 6) is 0.769. The molecule has 0 atom stereocenters. The van der Waals surface area contributed by atoms with Crippen LogP contribution < -0.4 is 4.74 Å². The highest BCUT2D eigenvalue weighted by atomic mass is 16.5. The molecule has 3 rings (SSSR count). The van der Waals surface area contributed by atoms with Crippen molar-refractivity contribution in [1.29, 1.82) is 0 Å². The van der Waals surface area contributed by atoms with E-state index >= 15 is 0 Å². The van der Waals surface area contributed by atoms with E-state index < -0.39 is 0 Å². The predicted octanol–water partition coefficient (Wildman–Crippen LogP) is 2.93. The molecular weight excluding hydrogens is 288 g/mol. The van der Waals surface area contributed by atoms with Gasteiger partial charge in [-0.3, -0.25) is 4.90 Å². The van der Waals surface area contributed by atoms with Gasteiger partial charge in [-0.15, -0.1) is 0 Å². The van der Waals surface area contributed by atoms with Gasteiger partial charge in [0.1, 0.15) is 6.10 Å². The second-order valence-electron chi connectivity index (χ2n) is 6.19. The molecule has 4 heteroatoms. The molecule has 1 aromatic carbocycles. The molecule has 0 saturated carbocycles. The zero-order valence-corrected chi connectivity index (χ0v) is 13.6. The van der Waals surface area contributed by atoms with E-state index in [0.29, 0.717) is 0 Å². The van der Waals surface area contributed by atoms with Gasteiger partial charge in [-0.2, -0.15) is 0 Å². The van der Waals surface area contributed by atoms with E-state index in [0.717, 1.165) is 49.5 Å². The van der Waals surface area contributed by atoms with E-state index in [1.165, 1.54) is 5.56 Å². The van der Waals surface area contributed by atoms with Gasteiger partial charge in [0.2, 0.25) is 5.88 Å². The van der Waals surface area contributed by atoms with Crippen molar-refractivity contribution in [3.63, 3.8) is 0 Å². The first-order valence-electron chi connectivity index (χ1n) is 8.24. The number of benzene rings is 1. The third-order valence-electron chi connectivity index (χ3n) is 4.39. The van der Waals surface area contributed by atoms with Gasteiger partial charge in [-0.25, -0.2) is 4.98 Å². The number of aryl methyl sites for hydroxylation is 1. The summed E-state index contributed by atoms with van der Waals surface area (Å²) in [6.45, 7) is 5.18. The van der Waals surface area contributed by atoms with Crippen molar-refractivity contribution < 1.29 is 9.84 Å². The summed E-state index contributed by atoms with van der Waals surface area (Å²) in [5, 5.41) is 9.09. The molecule has 0 unspecified atom stereocenters. The molecule has 0 bridgehead atoms. The van der Waals surface area contributed by atoms with E-state index in [2.05, 4.69) is 22.0 Å². The highest BCUT2D eigenvalue weighted by Crippen LogP contribution is 2.21. The molecule has 0 radical (unpaired) electrons. The first-order chi connectivity index (χ1) is 11.2. The third kappa shape index (κ3) is 4.30. The quantitative estimate of drug-likeness (QED) is 0.922. The highest BCUT2D eigenvalue weighted by molar-refractivity contribution is 5.24. The Bertz CT molecular complexity index is 620. The van der Waals surface area contributed by atoms with Crippen LogP contribution in [0, 0.1) is 6.92 Å². The minimum absolute atomic E-state index is 0.107. The molecule has 0 amide bonds. The second-order valence-corrected chi connectivity index (χ2v) is 6.19. The SMILES string of the molecule is Cc1cccnc1OC1CCN(Cc2ccc(CO)cc2)CC1. The summed E-state index contributed by atoms with van der Waals surface area (Å²) in [5.41, 5.74) is 3.35. The lowest BCUT2D eigenvalue weighted by Gasteiger charge is -2.32. The molecule has 4 nitrogen and oxygen atoms in total. The lowest BCUT2D eigenvalue weighted by atomic mass is 10.1. The fraction of sp³-hybridized carbons (Fsp3) is 0.421. The minimum Gasteiger partial charge on any atom is -0.474 e. The summed E-state index contributed by atoms with van der Waals surface area (Å²) in [6.07, 6.45) is 4.11. The van der Waals surface area contributed by atoms with E-state index in [1.54, 1.807) is 6.20 Å². The van der Waals surface area contributed by atoms with Crippen LogP contribution in [0.25, 0.3) is 0 Å². The Morgan fingerprint density at radius 1 is 1.13 bits per heavy atom. The number of aliphatic hydroxyl groups is 1. The lowest BCUT2D eigenvalue weighted by molar-refractivity contribution is 0.0926. The van der Waals surface area contributed by atoms with Gasteiger partial charge in [-0.1, -0.05) is 30.3 Å². The van der Waals surface area contributed by atoms with Gasteiger partial charge in [0.15, 0.2) is 0 Å². The first-order valence-corrected chi connectivity index (χ1v) is 8.24. The van der Waals surface area contributed by atoms with Crippen LogP contribution in [0.3, 0.4) is 0 Å². The van der Waals surface area contributed by atoms with E-state index in [-0.39, 0.29) is 12.7 Å². The molecule has 2 heterocycles. The van der Waals surface area contributed by atoms with Crippen LogP contribution in [-0.4, -0.2) is 34.2 Å². The zero-order chi connectivity index (χ0) is 16.1. The van der Waals surface area contributed by atoms with Crippen molar-refractivity contribution in [2.45, 2.75) is 39.0 Å². The largest absolute Gasteiger partial charge is 0.474 e. The van der Waals surface area contributed by atoms with Crippen molar-refractivity contribution in [3.8, 4) is 5.88 Å². The Balaban J connectivity index is 1.49. The maximum absolute atomic E-state index is 9.09. The highest BCUT2D eigenvalue weighted by Gasteiger charge is 2.21. The Morgan fingerprint density at radius 2 is 1.83 bits per heavy atom. The first kappa shape index (κ1) is 16.0. The number of pyridine rings is 1. The number of hydrogen-bond donors (Lipinski definition) is 1. The van der Waals surface area contributed by atoms with Crippen molar-refractivity contribution in [2.75, 3.05) is 13.1 Å². The van der Waals surface area contributed by atoms with Gasteiger partial charge < -0.3 is 9.84 Å². The normalized spacial score (nSPS) is 16.4. The Hall–Kier alpha value is -1.91. The average molecular weight is 312 g/mol. The number of aromatic nitrogens is 1. The topological polar surface area (TPSA) is 45.6 Å². The maximum Gasteiger partial charge on any atom is 0.216 e. The number of likely N-dealkylation sites (tertiary alicyclic amines) is 1. The maximum atomic E-state index is 9.09. The number of piperidine rings is 1. The monoisotopic (exact) mass is 312 g/mol. The van der Waals surface area contributed by atoms with Gasteiger partial charge >= 0.3 is 0 Å². The van der Waals surface area contributed by atoms with Crippen molar-refractivity contribution in [1.82, 2.24) is 9.88 Å². The third-order valence-corrected chi connectivity index (χ3v) is 4.39. The molecule has 1 saturated heterocycles. The van der Waals surface area contributed by atoms with Crippen LogP contribution in [0.4, 0.5) is 0 Å². The van der Waals surface area contributed by atoms with Crippen LogP contribution in [0.2, 0.25) is 0 Å². The molecule has 1 fully saturated rings. The molecule has 0 aliphatic carbocycles. The standard InChI is InChI=1S/C19H24N2O2/c1-15-3-2-10-20-19(15)23-18-8-11-21(12-9-18)13-16-4-6-17(14-22)7-5-16/h2-7,10,18,22H,8-9,11-14H2,1H3. The Kier molecular flexibility index (Phi) is 5.26. The smallest absolute Gasteiger partial charge is 0.216 e. The molecule has 1 aliphatic heterocycles. The van der Waals surface area contributed by atoms with Gasteiger partial charge in [0, 0.05) is 31.4 Å². The number of ether oxygens (including phenoxy) is 1. The Labute approximate surface area is 137 Å². The second kappa shape index (κ2) is 7.57. The number of hydrogen-bond acceptors (Lipinski definition) is 4. The van der Waals surface area contributed by atoms with Crippen LogP contribution in [0.1, 0.15) is 29.5 Å². The van der Waals surface area contributed by atoms with Crippen LogP contribution >= 0.6 is 0 Å². The molecule has 1 aliphatic rings. The number of rotatable bonds is 5. The summed E-state index contributed by atoms with van der Waals surface area (Å²) in [6, 6.07) is 12.2. The van der Waals surface area contributed by atoms with Crippen molar-refractivity contribution >= 4 is 0 Å². The Morgan fingerprint density at radius 3 is 2.48 bits per heavy atom. The molecule has 1 N–H and O–H groups in total. The summed E-state index contributed by atoms with van der Waals surface area (Å²) < 4.78 is 6.05. The van der Waals surface area contributed by atoms with Crippen LogP contribution in [0.5, 0.6) is 5.88 Å². The van der Waals surface area contributed by atoms with Crippen molar-refractivity contribution in [2.24, 2.45) is 0 Å². The van der Waals surface area contributed by atoms with Gasteiger partial charge in [0.05, 0.1) is 6.61 Å². The van der Waals surface area contributed by atoms with Crippen LogP contribution in [0.15, 0.2) is 42.6 Å². The van der Waals surface area contributed by atoms with Crippen molar-refractivity contribution in [3.05, 3.63) is 59.3 Å². The fourth-order valence-corrected chi connectivity index (χ4v) is 2.95. The molecule has 0 spiro atoms. The zero-order valence-electron chi connectivity index (χ0n) is 13.6. The number of nitrogens with zero attached hydrogens (tertiary/aromatic N) is 2. The summed E-state index contributed by atoms with van der Waals surface area (Å²) in [4.78, 5) is 6.78. The molecule has 2 aromatic rings. The minimum atomic E-state index is 0.107. The van der Waals surface area contributed by atoms with E-state index in [9.17, 15) is 0 Å². The predicted molar refractivity (Wildman–Crippen MR) is 90.3 cm³/mol. The molecule has 23 heavy (non-hydrogen) atoms. The van der Waals surface area contributed by atoms with Crippen LogP contribution in [-0.2, 0) is 13.2 Å². The lowest BCUT2D eigenvalue weighted by Crippen LogP contribution is -2.38. The molecular formula is C19H24N2O2.